The Labute approximate surface area is 154 Å². The number of carbonyl (C=O) groups is 2. The van der Waals surface area contributed by atoms with Crippen LogP contribution in [0, 0.1) is 5.41 Å². The van der Waals surface area contributed by atoms with Gasteiger partial charge in [0, 0.05) is 12.7 Å². The van der Waals surface area contributed by atoms with Gasteiger partial charge in [-0.05, 0) is 42.5 Å². The van der Waals surface area contributed by atoms with E-state index in [0.29, 0.717) is 12.2 Å². The van der Waals surface area contributed by atoms with Gasteiger partial charge in [0.05, 0.1) is 17.5 Å². The molecule has 0 aliphatic rings. The molecular weight excluding hydrogens is 338 g/mol. The second kappa shape index (κ2) is 10.5. The number of carboxylic acids is 1. The first-order chi connectivity index (χ1) is 11.7. The molecule has 140 valence electrons. The maximum atomic E-state index is 11.0. The molecule has 0 aliphatic heterocycles. The lowest BCUT2D eigenvalue weighted by Gasteiger charge is -2.27. The van der Waals surface area contributed by atoms with Gasteiger partial charge < -0.3 is 15.2 Å². The fraction of sp³-hybridized carbons (Fsp3) is 0.579. The molecule has 0 amide bonds. The van der Waals surface area contributed by atoms with Crippen molar-refractivity contribution < 1.29 is 19.4 Å². The average molecular weight is 368 g/mol. The smallest absolute Gasteiger partial charge is 0.335 e. The number of carboxylic acid groups (broad SMARTS) is 1. The summed E-state index contributed by atoms with van der Waals surface area (Å²) in [4.78, 5) is 21.9. The highest BCUT2D eigenvalue weighted by Crippen LogP contribution is 2.34. The van der Waals surface area contributed by atoms with Gasteiger partial charge in [0.25, 0.3) is 0 Å². The summed E-state index contributed by atoms with van der Waals surface area (Å²) in [7, 11) is 0. The number of hydrogen-bond acceptors (Lipinski definition) is 5. The Bertz CT molecular complexity index is 557. The topological polar surface area (TPSA) is 75.6 Å². The number of hydrogen-bond donors (Lipinski definition) is 2. The van der Waals surface area contributed by atoms with Crippen molar-refractivity contribution >= 4 is 23.7 Å². The van der Waals surface area contributed by atoms with E-state index >= 15 is 0 Å². The number of esters is 1. The highest BCUT2D eigenvalue weighted by atomic mass is 32.2. The minimum atomic E-state index is -0.913. The molecule has 1 aromatic carbocycles. The average Bonchev–Trinajstić information content (AvgIpc) is 2.54. The summed E-state index contributed by atoms with van der Waals surface area (Å²) in [5.41, 5.74) is 1.40. The van der Waals surface area contributed by atoms with Crippen LogP contribution in [0.5, 0.6) is 0 Å². The molecule has 0 heterocycles. The molecule has 6 heteroatoms. The van der Waals surface area contributed by atoms with Crippen molar-refractivity contribution in [2.45, 2.75) is 45.9 Å². The Kier molecular flexibility index (Phi) is 9.00. The summed E-state index contributed by atoms with van der Waals surface area (Å²) < 4.78 is 5.05. The van der Waals surface area contributed by atoms with Crippen LogP contribution in [-0.4, -0.2) is 35.9 Å². The zero-order valence-electron chi connectivity index (χ0n) is 15.5. The molecule has 0 fully saturated rings. The van der Waals surface area contributed by atoms with Gasteiger partial charge >= 0.3 is 11.9 Å². The van der Waals surface area contributed by atoms with Gasteiger partial charge in [0.15, 0.2) is 0 Å². The number of ether oxygens (including phenoxy) is 1. The summed E-state index contributed by atoms with van der Waals surface area (Å²) >= 11 is 1.80. The van der Waals surface area contributed by atoms with Gasteiger partial charge in [0.2, 0.25) is 0 Å². The highest BCUT2D eigenvalue weighted by molar-refractivity contribution is 7.99. The van der Waals surface area contributed by atoms with E-state index in [1.807, 2.05) is 12.1 Å². The minimum absolute atomic E-state index is 0.0350. The van der Waals surface area contributed by atoms with Gasteiger partial charge in [-0.15, -0.1) is 11.8 Å². The van der Waals surface area contributed by atoms with E-state index in [-0.39, 0.29) is 16.8 Å². The van der Waals surface area contributed by atoms with E-state index in [4.69, 9.17) is 9.84 Å². The Morgan fingerprint density at radius 2 is 1.92 bits per heavy atom. The van der Waals surface area contributed by atoms with Crippen molar-refractivity contribution in [2.75, 3.05) is 18.9 Å². The molecule has 25 heavy (non-hydrogen) atoms. The van der Waals surface area contributed by atoms with Crippen molar-refractivity contribution in [3.63, 3.8) is 0 Å². The fourth-order valence-corrected chi connectivity index (χ4v) is 3.55. The summed E-state index contributed by atoms with van der Waals surface area (Å²) in [6, 6.07) is 7.03. The third-order valence-electron chi connectivity index (χ3n) is 3.77. The first-order valence-electron chi connectivity index (χ1n) is 8.57. The Balaban J connectivity index is 2.68. The first-order valence-corrected chi connectivity index (χ1v) is 9.61. The standard InChI is InChI=1S/C19H29NO4S/c1-5-11-20-17(15-6-8-16(9-7-15)18(22)23)25-13-19(3,4)10-12-24-14(2)21/h6-9,17,20H,5,10-13H2,1-4H3,(H,22,23). The lowest BCUT2D eigenvalue weighted by atomic mass is 9.92. The second-order valence-corrected chi connectivity index (χ2v) is 7.92. The van der Waals surface area contributed by atoms with Crippen LogP contribution in [0.3, 0.4) is 0 Å². The van der Waals surface area contributed by atoms with Crippen LogP contribution in [0.25, 0.3) is 0 Å². The van der Waals surface area contributed by atoms with Crippen molar-refractivity contribution in [1.29, 1.82) is 0 Å². The van der Waals surface area contributed by atoms with Crippen molar-refractivity contribution in [3.8, 4) is 0 Å². The van der Waals surface area contributed by atoms with E-state index < -0.39 is 5.97 Å². The minimum Gasteiger partial charge on any atom is -0.478 e. The SMILES string of the molecule is CCCNC(SCC(C)(C)CCOC(C)=O)c1ccc(C(=O)O)cc1. The maximum Gasteiger partial charge on any atom is 0.335 e. The third-order valence-corrected chi connectivity index (χ3v) is 5.49. The van der Waals surface area contributed by atoms with Crippen LogP contribution in [0.4, 0.5) is 0 Å². The van der Waals surface area contributed by atoms with Crippen LogP contribution < -0.4 is 5.32 Å². The molecule has 0 bridgehead atoms. The molecule has 0 aliphatic carbocycles. The maximum absolute atomic E-state index is 11.0. The molecular formula is C19H29NO4S. The van der Waals surface area contributed by atoms with Crippen molar-refractivity contribution in [1.82, 2.24) is 5.32 Å². The van der Waals surface area contributed by atoms with E-state index in [0.717, 1.165) is 30.7 Å². The molecule has 1 aromatic rings. The predicted molar refractivity (Wildman–Crippen MR) is 102 cm³/mol. The van der Waals surface area contributed by atoms with Crippen LogP contribution in [0.2, 0.25) is 0 Å². The summed E-state index contributed by atoms with van der Waals surface area (Å²) in [5.74, 6) is -0.260. The van der Waals surface area contributed by atoms with Crippen LogP contribution >= 0.6 is 11.8 Å². The third kappa shape index (κ3) is 8.40. The van der Waals surface area contributed by atoms with Gasteiger partial charge in [-0.25, -0.2) is 4.79 Å². The fourth-order valence-electron chi connectivity index (χ4n) is 2.20. The molecule has 2 N–H and O–H groups in total. The molecule has 0 spiro atoms. The molecule has 0 radical (unpaired) electrons. The predicted octanol–water partition coefficient (Wildman–Crippen LogP) is 4.10. The molecule has 1 rings (SSSR count). The number of thioether (sulfide) groups is 1. The van der Waals surface area contributed by atoms with E-state index in [1.54, 1.807) is 23.9 Å². The lowest BCUT2D eigenvalue weighted by molar-refractivity contribution is -0.141. The molecule has 5 nitrogen and oxygen atoms in total. The largest absolute Gasteiger partial charge is 0.478 e. The highest BCUT2D eigenvalue weighted by Gasteiger charge is 2.22. The summed E-state index contributed by atoms with van der Waals surface area (Å²) in [6.07, 6.45) is 1.83. The molecule has 0 aromatic heterocycles. The molecule has 0 saturated carbocycles. The van der Waals surface area contributed by atoms with Gasteiger partial charge in [0.1, 0.15) is 0 Å². The number of rotatable bonds is 11. The van der Waals surface area contributed by atoms with Crippen molar-refractivity contribution in [2.24, 2.45) is 5.41 Å². The van der Waals surface area contributed by atoms with E-state index in [2.05, 4.69) is 26.1 Å². The van der Waals surface area contributed by atoms with E-state index in [1.165, 1.54) is 6.92 Å². The zero-order chi connectivity index (χ0) is 18.9. The molecule has 1 atom stereocenters. The Hall–Kier alpha value is -1.53. The summed E-state index contributed by atoms with van der Waals surface area (Å²) in [5, 5.41) is 12.6. The number of carbonyl (C=O) groups excluding carboxylic acids is 1. The zero-order valence-corrected chi connectivity index (χ0v) is 16.3. The summed E-state index contributed by atoms with van der Waals surface area (Å²) in [6.45, 7) is 9.19. The van der Waals surface area contributed by atoms with Crippen LogP contribution in [0.15, 0.2) is 24.3 Å². The normalized spacial score (nSPS) is 12.6. The van der Waals surface area contributed by atoms with Gasteiger partial charge in [-0.3, -0.25) is 4.79 Å². The Morgan fingerprint density at radius 3 is 2.44 bits per heavy atom. The monoisotopic (exact) mass is 367 g/mol. The van der Waals surface area contributed by atoms with Crippen molar-refractivity contribution in [3.05, 3.63) is 35.4 Å². The van der Waals surface area contributed by atoms with Gasteiger partial charge in [-0.2, -0.15) is 0 Å². The van der Waals surface area contributed by atoms with Crippen LogP contribution in [0.1, 0.15) is 61.8 Å². The number of benzene rings is 1. The second-order valence-electron chi connectivity index (χ2n) is 6.83. The number of nitrogens with one attached hydrogen (secondary N) is 1. The van der Waals surface area contributed by atoms with E-state index in [9.17, 15) is 9.59 Å². The molecule has 0 saturated heterocycles. The Morgan fingerprint density at radius 1 is 1.28 bits per heavy atom. The quantitative estimate of drug-likeness (QED) is 0.453. The van der Waals surface area contributed by atoms with Crippen LogP contribution in [-0.2, 0) is 9.53 Å². The first kappa shape index (κ1) is 21.5. The van der Waals surface area contributed by atoms with Gasteiger partial charge in [-0.1, -0.05) is 32.9 Å². The number of aromatic carboxylic acids is 1. The molecule has 1 unspecified atom stereocenters. The lowest BCUT2D eigenvalue weighted by Crippen LogP contribution is -2.24.